The quantitative estimate of drug-likeness (QED) is 0.926. The van der Waals surface area contributed by atoms with Gasteiger partial charge in [-0.3, -0.25) is 4.68 Å². The Morgan fingerprint density at radius 2 is 2.33 bits per heavy atom. The van der Waals surface area contributed by atoms with Gasteiger partial charge in [0, 0.05) is 37.6 Å². The highest BCUT2D eigenvalue weighted by Crippen LogP contribution is 2.26. The number of nitrogens with zero attached hydrogens (tertiary/aromatic N) is 3. The molecular weight excluding hydrogens is 284 g/mol. The number of rotatable bonds is 2. The Morgan fingerprint density at radius 1 is 1.48 bits per heavy atom. The van der Waals surface area contributed by atoms with Crippen LogP contribution in [0.1, 0.15) is 30.0 Å². The van der Waals surface area contributed by atoms with Crippen LogP contribution in [-0.4, -0.2) is 33.8 Å². The Balaban J connectivity index is 1.65. The fourth-order valence-electron chi connectivity index (χ4n) is 2.74. The van der Waals surface area contributed by atoms with Crippen LogP contribution in [0.3, 0.4) is 0 Å². The van der Waals surface area contributed by atoms with E-state index < -0.39 is 0 Å². The molecule has 0 saturated carbocycles. The second-order valence-corrected chi connectivity index (χ2v) is 6.34. The minimum Gasteiger partial charge on any atom is -0.324 e. The Kier molecular flexibility index (Phi) is 3.96. The van der Waals surface area contributed by atoms with Crippen LogP contribution >= 0.6 is 11.3 Å². The number of hydrogen-bond donors (Lipinski definition) is 1. The molecule has 0 bridgehead atoms. The summed E-state index contributed by atoms with van der Waals surface area (Å²) in [4.78, 5) is 14.3. The smallest absolute Gasteiger partial charge is 0.321 e. The molecule has 3 rings (SSSR count). The van der Waals surface area contributed by atoms with Crippen molar-refractivity contribution in [2.45, 2.75) is 25.7 Å². The molecule has 2 amide bonds. The standard InChI is InChI=1S/C15H20N4OS/c1-11-9-21-10-14(11)16-15(20)19-6-3-4-12(8-19)13-5-7-18(2)17-13/h5,7,9-10,12H,3-4,6,8H2,1-2H3,(H,16,20)/t12-/m0/s1. The number of likely N-dealkylation sites (tertiary alicyclic amines) is 1. The van der Waals surface area contributed by atoms with Gasteiger partial charge in [0.2, 0.25) is 0 Å². The maximum absolute atomic E-state index is 12.4. The molecule has 3 heterocycles. The van der Waals surface area contributed by atoms with Crippen molar-refractivity contribution < 1.29 is 4.79 Å². The van der Waals surface area contributed by atoms with E-state index in [9.17, 15) is 4.79 Å². The predicted molar refractivity (Wildman–Crippen MR) is 84.8 cm³/mol. The second kappa shape index (κ2) is 5.89. The molecule has 1 N–H and O–H groups in total. The van der Waals surface area contributed by atoms with Crippen molar-refractivity contribution in [2.24, 2.45) is 7.05 Å². The summed E-state index contributed by atoms with van der Waals surface area (Å²) in [6.07, 6.45) is 4.08. The van der Waals surface area contributed by atoms with Gasteiger partial charge < -0.3 is 10.2 Å². The second-order valence-electron chi connectivity index (χ2n) is 5.60. The molecule has 5 nitrogen and oxygen atoms in total. The normalized spacial score (nSPS) is 18.8. The van der Waals surface area contributed by atoms with E-state index in [0.717, 1.165) is 42.9 Å². The first-order valence-corrected chi connectivity index (χ1v) is 8.16. The summed E-state index contributed by atoms with van der Waals surface area (Å²) in [5.41, 5.74) is 3.12. The lowest BCUT2D eigenvalue weighted by Crippen LogP contribution is -2.41. The minimum atomic E-state index is -0.00266. The highest BCUT2D eigenvalue weighted by Gasteiger charge is 2.26. The predicted octanol–water partition coefficient (Wildman–Crippen LogP) is 3.20. The average Bonchev–Trinajstić information content (AvgIpc) is 3.08. The summed E-state index contributed by atoms with van der Waals surface area (Å²) >= 11 is 1.61. The number of piperidine rings is 1. The molecule has 1 aliphatic rings. The molecular formula is C15H20N4OS. The number of aromatic nitrogens is 2. The number of anilines is 1. The largest absolute Gasteiger partial charge is 0.324 e. The average molecular weight is 304 g/mol. The Morgan fingerprint density at radius 3 is 3.00 bits per heavy atom. The molecule has 2 aromatic heterocycles. The van der Waals surface area contributed by atoms with Crippen molar-refractivity contribution in [3.05, 3.63) is 34.3 Å². The van der Waals surface area contributed by atoms with Gasteiger partial charge in [0.15, 0.2) is 0 Å². The lowest BCUT2D eigenvalue weighted by atomic mass is 9.95. The molecule has 1 fully saturated rings. The van der Waals surface area contributed by atoms with Crippen molar-refractivity contribution in [1.29, 1.82) is 0 Å². The number of urea groups is 1. The van der Waals surface area contributed by atoms with Gasteiger partial charge in [-0.1, -0.05) is 0 Å². The van der Waals surface area contributed by atoms with Gasteiger partial charge in [0.05, 0.1) is 11.4 Å². The molecule has 2 aromatic rings. The maximum Gasteiger partial charge on any atom is 0.321 e. The van der Waals surface area contributed by atoms with E-state index in [-0.39, 0.29) is 6.03 Å². The lowest BCUT2D eigenvalue weighted by molar-refractivity contribution is 0.192. The SMILES string of the molecule is Cc1cscc1NC(=O)N1CCC[C@H](c2ccn(C)n2)C1. The monoisotopic (exact) mass is 304 g/mol. The molecule has 1 atom stereocenters. The van der Waals surface area contributed by atoms with Crippen LogP contribution in [0.4, 0.5) is 10.5 Å². The first kappa shape index (κ1) is 14.1. The van der Waals surface area contributed by atoms with Crippen molar-refractivity contribution in [2.75, 3.05) is 18.4 Å². The number of carbonyl (C=O) groups excluding carboxylic acids is 1. The number of nitrogens with one attached hydrogen (secondary N) is 1. The highest BCUT2D eigenvalue weighted by atomic mass is 32.1. The summed E-state index contributed by atoms with van der Waals surface area (Å²) in [5, 5.41) is 11.5. The molecule has 1 aliphatic heterocycles. The Bertz CT molecular complexity index is 633. The zero-order chi connectivity index (χ0) is 14.8. The molecule has 21 heavy (non-hydrogen) atoms. The van der Waals surface area contributed by atoms with E-state index in [2.05, 4.69) is 16.5 Å². The molecule has 0 radical (unpaired) electrons. The maximum atomic E-state index is 12.4. The molecule has 112 valence electrons. The van der Waals surface area contributed by atoms with Crippen LogP contribution in [0.15, 0.2) is 23.0 Å². The van der Waals surface area contributed by atoms with Crippen LogP contribution < -0.4 is 5.32 Å². The molecule has 1 saturated heterocycles. The van der Waals surface area contributed by atoms with Gasteiger partial charge in [-0.05, 0) is 36.8 Å². The summed E-state index contributed by atoms with van der Waals surface area (Å²) in [7, 11) is 1.93. The Labute approximate surface area is 128 Å². The van der Waals surface area contributed by atoms with Gasteiger partial charge in [-0.15, -0.1) is 11.3 Å². The fourth-order valence-corrected chi connectivity index (χ4v) is 3.52. The van der Waals surface area contributed by atoms with E-state index in [4.69, 9.17) is 0 Å². The summed E-state index contributed by atoms with van der Waals surface area (Å²) < 4.78 is 1.82. The van der Waals surface area contributed by atoms with Crippen LogP contribution in [0.25, 0.3) is 0 Å². The summed E-state index contributed by atoms with van der Waals surface area (Å²) in [5.74, 6) is 0.342. The third-order valence-electron chi connectivity index (χ3n) is 3.96. The van der Waals surface area contributed by atoms with Gasteiger partial charge in [0.25, 0.3) is 0 Å². The third-order valence-corrected chi connectivity index (χ3v) is 4.82. The zero-order valence-corrected chi connectivity index (χ0v) is 13.2. The van der Waals surface area contributed by atoms with E-state index >= 15 is 0 Å². The van der Waals surface area contributed by atoms with E-state index in [1.807, 2.05) is 40.5 Å². The molecule has 0 spiro atoms. The zero-order valence-electron chi connectivity index (χ0n) is 12.4. The Hall–Kier alpha value is -1.82. The number of thiophene rings is 1. The van der Waals surface area contributed by atoms with Gasteiger partial charge in [0.1, 0.15) is 0 Å². The summed E-state index contributed by atoms with van der Waals surface area (Å²) in [6, 6.07) is 2.05. The van der Waals surface area contributed by atoms with Gasteiger partial charge >= 0.3 is 6.03 Å². The summed E-state index contributed by atoms with van der Waals surface area (Å²) in [6.45, 7) is 3.57. The lowest BCUT2D eigenvalue weighted by Gasteiger charge is -2.32. The third kappa shape index (κ3) is 3.10. The molecule has 0 aromatic carbocycles. The molecule has 0 unspecified atom stereocenters. The topological polar surface area (TPSA) is 50.2 Å². The van der Waals surface area contributed by atoms with Gasteiger partial charge in [-0.25, -0.2) is 4.79 Å². The number of aryl methyl sites for hydroxylation is 2. The van der Waals surface area contributed by atoms with Crippen molar-refractivity contribution in [3.8, 4) is 0 Å². The molecule has 6 heteroatoms. The minimum absolute atomic E-state index is 0.00266. The van der Waals surface area contributed by atoms with Crippen LogP contribution in [-0.2, 0) is 7.05 Å². The first-order chi connectivity index (χ1) is 10.1. The van der Waals surface area contributed by atoms with Crippen LogP contribution in [0.5, 0.6) is 0 Å². The highest BCUT2D eigenvalue weighted by molar-refractivity contribution is 7.08. The van der Waals surface area contributed by atoms with E-state index in [1.165, 1.54) is 0 Å². The fraction of sp³-hybridized carbons (Fsp3) is 0.467. The van der Waals surface area contributed by atoms with Crippen molar-refractivity contribution in [1.82, 2.24) is 14.7 Å². The van der Waals surface area contributed by atoms with Crippen molar-refractivity contribution in [3.63, 3.8) is 0 Å². The van der Waals surface area contributed by atoms with Gasteiger partial charge in [-0.2, -0.15) is 5.10 Å². The number of hydrogen-bond acceptors (Lipinski definition) is 3. The van der Waals surface area contributed by atoms with Crippen LogP contribution in [0.2, 0.25) is 0 Å². The van der Waals surface area contributed by atoms with Crippen molar-refractivity contribution >= 4 is 23.1 Å². The number of carbonyl (C=O) groups is 1. The van der Waals surface area contributed by atoms with Crippen LogP contribution in [0, 0.1) is 6.92 Å². The number of amides is 2. The molecule has 0 aliphatic carbocycles. The first-order valence-electron chi connectivity index (χ1n) is 7.22. The van der Waals surface area contributed by atoms with E-state index in [1.54, 1.807) is 11.3 Å². The van der Waals surface area contributed by atoms with E-state index in [0.29, 0.717) is 5.92 Å².